The summed E-state index contributed by atoms with van der Waals surface area (Å²) < 4.78 is 0. The van der Waals surface area contributed by atoms with E-state index in [0.29, 0.717) is 5.41 Å². The molecule has 1 aliphatic rings. The van der Waals surface area contributed by atoms with Gasteiger partial charge in [0, 0.05) is 19.6 Å². The molecule has 0 atom stereocenters. The van der Waals surface area contributed by atoms with Crippen LogP contribution in [-0.2, 0) is 0 Å². The molecule has 1 aliphatic carbocycles. The van der Waals surface area contributed by atoms with Crippen molar-refractivity contribution >= 4 is 0 Å². The van der Waals surface area contributed by atoms with E-state index >= 15 is 0 Å². The van der Waals surface area contributed by atoms with E-state index in [-0.39, 0.29) is 0 Å². The van der Waals surface area contributed by atoms with Gasteiger partial charge in [-0.2, -0.15) is 0 Å². The number of hydrogen-bond donors (Lipinski definition) is 1. The molecule has 14 heavy (non-hydrogen) atoms. The molecule has 0 spiro atoms. The summed E-state index contributed by atoms with van der Waals surface area (Å²) in [5, 5.41) is 3.44. The Morgan fingerprint density at radius 2 is 2.00 bits per heavy atom. The highest BCUT2D eigenvalue weighted by atomic mass is 15.1. The predicted molar refractivity (Wildman–Crippen MR) is 62.5 cm³/mol. The zero-order valence-corrected chi connectivity index (χ0v) is 10.3. The van der Waals surface area contributed by atoms with Gasteiger partial charge in [0.1, 0.15) is 0 Å². The Hall–Kier alpha value is -0.0800. The van der Waals surface area contributed by atoms with Crippen molar-refractivity contribution < 1.29 is 0 Å². The first-order valence-corrected chi connectivity index (χ1v) is 5.93. The predicted octanol–water partition coefficient (Wildman–Crippen LogP) is 1.96. The smallest absolute Gasteiger partial charge is 0.00419 e. The zero-order chi connectivity index (χ0) is 10.6. The van der Waals surface area contributed by atoms with E-state index in [2.05, 4.69) is 38.0 Å². The zero-order valence-electron chi connectivity index (χ0n) is 10.3. The fraction of sp³-hybridized carbons (Fsp3) is 1.00. The second kappa shape index (κ2) is 5.13. The standard InChI is InChI=1S/C12H26N2/c1-5-13-9-12(2,3)10-14(4)8-11-6-7-11/h11,13H,5-10H2,1-4H3. The fourth-order valence-corrected chi connectivity index (χ4v) is 2.06. The van der Waals surface area contributed by atoms with Gasteiger partial charge in [0.05, 0.1) is 0 Å². The molecule has 0 saturated heterocycles. The first-order chi connectivity index (χ1) is 6.53. The lowest BCUT2D eigenvalue weighted by atomic mass is 9.92. The van der Waals surface area contributed by atoms with E-state index in [0.717, 1.165) is 19.0 Å². The summed E-state index contributed by atoms with van der Waals surface area (Å²) in [4.78, 5) is 2.50. The number of nitrogens with zero attached hydrogens (tertiary/aromatic N) is 1. The summed E-state index contributed by atoms with van der Waals surface area (Å²) in [5.41, 5.74) is 0.402. The second-order valence-electron chi connectivity index (χ2n) is 5.58. The SMILES string of the molecule is CCNCC(C)(C)CN(C)CC1CC1. The van der Waals surface area contributed by atoms with Crippen molar-refractivity contribution in [2.75, 3.05) is 33.2 Å². The summed E-state index contributed by atoms with van der Waals surface area (Å²) in [6, 6.07) is 0. The first-order valence-electron chi connectivity index (χ1n) is 5.93. The molecule has 2 heteroatoms. The summed E-state index contributed by atoms with van der Waals surface area (Å²) in [7, 11) is 2.26. The summed E-state index contributed by atoms with van der Waals surface area (Å²) >= 11 is 0. The molecule has 0 radical (unpaired) electrons. The van der Waals surface area contributed by atoms with Crippen LogP contribution in [0, 0.1) is 11.3 Å². The van der Waals surface area contributed by atoms with Gasteiger partial charge in [0.15, 0.2) is 0 Å². The molecule has 1 fully saturated rings. The molecular weight excluding hydrogens is 172 g/mol. The Balaban J connectivity index is 2.17. The molecule has 0 aromatic carbocycles. The quantitative estimate of drug-likeness (QED) is 0.673. The van der Waals surface area contributed by atoms with Crippen LogP contribution in [0.2, 0.25) is 0 Å². The van der Waals surface area contributed by atoms with Crippen molar-refractivity contribution in [2.45, 2.75) is 33.6 Å². The topological polar surface area (TPSA) is 15.3 Å². The van der Waals surface area contributed by atoms with Crippen molar-refractivity contribution in [3.05, 3.63) is 0 Å². The molecule has 1 rings (SSSR count). The van der Waals surface area contributed by atoms with Crippen molar-refractivity contribution in [1.82, 2.24) is 10.2 Å². The third kappa shape index (κ3) is 4.97. The van der Waals surface area contributed by atoms with Crippen molar-refractivity contribution in [3.8, 4) is 0 Å². The second-order valence-corrected chi connectivity index (χ2v) is 5.58. The molecule has 1 N–H and O–H groups in total. The molecule has 0 bridgehead atoms. The highest BCUT2D eigenvalue weighted by Crippen LogP contribution is 2.30. The largest absolute Gasteiger partial charge is 0.316 e. The summed E-state index contributed by atoms with van der Waals surface area (Å²) in [6.07, 6.45) is 2.91. The minimum absolute atomic E-state index is 0.402. The van der Waals surface area contributed by atoms with Crippen LogP contribution in [0.25, 0.3) is 0 Å². The summed E-state index contributed by atoms with van der Waals surface area (Å²) in [6.45, 7) is 11.6. The van der Waals surface area contributed by atoms with Crippen LogP contribution < -0.4 is 5.32 Å². The van der Waals surface area contributed by atoms with Crippen LogP contribution in [0.15, 0.2) is 0 Å². The van der Waals surface area contributed by atoms with E-state index in [9.17, 15) is 0 Å². The molecular formula is C12H26N2. The maximum Gasteiger partial charge on any atom is 0.00419 e. The van der Waals surface area contributed by atoms with E-state index in [1.165, 1.54) is 25.9 Å². The van der Waals surface area contributed by atoms with Gasteiger partial charge >= 0.3 is 0 Å². The van der Waals surface area contributed by atoms with E-state index in [1.807, 2.05) is 0 Å². The van der Waals surface area contributed by atoms with Crippen LogP contribution >= 0.6 is 0 Å². The van der Waals surface area contributed by atoms with Crippen LogP contribution in [0.4, 0.5) is 0 Å². The molecule has 0 aromatic heterocycles. The van der Waals surface area contributed by atoms with Gasteiger partial charge in [-0.1, -0.05) is 20.8 Å². The maximum atomic E-state index is 3.44. The number of nitrogens with one attached hydrogen (secondary N) is 1. The Labute approximate surface area is 89.1 Å². The van der Waals surface area contributed by atoms with Crippen molar-refractivity contribution in [3.63, 3.8) is 0 Å². The molecule has 84 valence electrons. The lowest BCUT2D eigenvalue weighted by molar-refractivity contribution is 0.199. The minimum Gasteiger partial charge on any atom is -0.316 e. The third-order valence-corrected chi connectivity index (χ3v) is 2.82. The molecule has 0 amide bonds. The van der Waals surface area contributed by atoms with Gasteiger partial charge in [0.2, 0.25) is 0 Å². The summed E-state index contributed by atoms with van der Waals surface area (Å²) in [5.74, 6) is 1.01. The lowest BCUT2D eigenvalue weighted by Gasteiger charge is -2.30. The van der Waals surface area contributed by atoms with Crippen LogP contribution in [0.5, 0.6) is 0 Å². The Bertz CT molecular complexity index is 162. The van der Waals surface area contributed by atoms with Gasteiger partial charge < -0.3 is 10.2 Å². The Morgan fingerprint density at radius 3 is 2.50 bits per heavy atom. The average molecular weight is 198 g/mol. The lowest BCUT2D eigenvalue weighted by Crippen LogP contribution is -2.39. The molecule has 2 nitrogen and oxygen atoms in total. The van der Waals surface area contributed by atoms with E-state index in [1.54, 1.807) is 0 Å². The fourth-order valence-electron chi connectivity index (χ4n) is 2.06. The van der Waals surface area contributed by atoms with Gasteiger partial charge in [-0.05, 0) is 37.8 Å². The van der Waals surface area contributed by atoms with Gasteiger partial charge in [-0.15, -0.1) is 0 Å². The van der Waals surface area contributed by atoms with Gasteiger partial charge in [0.25, 0.3) is 0 Å². The molecule has 0 aromatic rings. The molecule has 0 heterocycles. The number of rotatable bonds is 7. The molecule has 1 saturated carbocycles. The van der Waals surface area contributed by atoms with E-state index in [4.69, 9.17) is 0 Å². The molecule has 0 unspecified atom stereocenters. The van der Waals surface area contributed by atoms with Crippen molar-refractivity contribution in [1.29, 1.82) is 0 Å². The van der Waals surface area contributed by atoms with Gasteiger partial charge in [-0.3, -0.25) is 0 Å². The first kappa shape index (κ1) is 12.0. The van der Waals surface area contributed by atoms with Crippen LogP contribution in [-0.4, -0.2) is 38.1 Å². The highest BCUT2D eigenvalue weighted by molar-refractivity contribution is 4.80. The van der Waals surface area contributed by atoms with Gasteiger partial charge in [-0.25, -0.2) is 0 Å². The van der Waals surface area contributed by atoms with Crippen LogP contribution in [0.3, 0.4) is 0 Å². The Morgan fingerprint density at radius 1 is 1.36 bits per heavy atom. The monoisotopic (exact) mass is 198 g/mol. The third-order valence-electron chi connectivity index (χ3n) is 2.82. The average Bonchev–Trinajstić information content (AvgIpc) is 2.83. The minimum atomic E-state index is 0.402. The van der Waals surface area contributed by atoms with E-state index < -0.39 is 0 Å². The highest BCUT2D eigenvalue weighted by Gasteiger charge is 2.26. The Kier molecular flexibility index (Phi) is 4.39. The van der Waals surface area contributed by atoms with Crippen LogP contribution in [0.1, 0.15) is 33.6 Å². The molecule has 0 aliphatic heterocycles. The normalized spacial score (nSPS) is 17.8. The number of hydrogen-bond acceptors (Lipinski definition) is 2. The maximum absolute atomic E-state index is 3.44. The van der Waals surface area contributed by atoms with Crippen molar-refractivity contribution in [2.24, 2.45) is 11.3 Å².